The Morgan fingerprint density at radius 3 is 2.87 bits per heavy atom. The van der Waals surface area contributed by atoms with E-state index in [4.69, 9.17) is 9.84 Å². The standard InChI is InChI=1S/C17H17NO4S/c19-16(18-10-12-5-6-15(23-12)17(20)21)9-14-13-4-2-1-3-11(13)7-8-22-14/h1-6,14H,7-10H2,(H,18,19)(H,20,21). The van der Waals surface area contributed by atoms with E-state index in [9.17, 15) is 9.59 Å². The number of rotatable bonds is 5. The predicted molar refractivity (Wildman–Crippen MR) is 86.6 cm³/mol. The van der Waals surface area contributed by atoms with Gasteiger partial charge in [-0.2, -0.15) is 0 Å². The average molecular weight is 331 g/mol. The smallest absolute Gasteiger partial charge is 0.345 e. The quantitative estimate of drug-likeness (QED) is 0.883. The van der Waals surface area contributed by atoms with Crippen molar-refractivity contribution in [3.8, 4) is 0 Å². The molecule has 5 nitrogen and oxygen atoms in total. The number of benzene rings is 1. The summed E-state index contributed by atoms with van der Waals surface area (Å²) in [5, 5.41) is 11.7. The molecule has 0 saturated carbocycles. The van der Waals surface area contributed by atoms with Crippen LogP contribution in [0.5, 0.6) is 0 Å². The number of carboxylic acids is 1. The summed E-state index contributed by atoms with van der Waals surface area (Å²) in [5.41, 5.74) is 2.32. The second-order valence-electron chi connectivity index (χ2n) is 5.36. The first-order valence-corrected chi connectivity index (χ1v) is 8.23. The van der Waals surface area contributed by atoms with Gasteiger partial charge in [-0.25, -0.2) is 4.79 Å². The highest BCUT2D eigenvalue weighted by Crippen LogP contribution is 2.29. The van der Waals surface area contributed by atoms with Gasteiger partial charge in [0.1, 0.15) is 4.88 Å². The Labute approximate surface area is 137 Å². The molecule has 1 amide bonds. The maximum absolute atomic E-state index is 12.1. The molecule has 0 spiro atoms. The zero-order valence-electron chi connectivity index (χ0n) is 12.5. The molecule has 0 saturated heterocycles. The fourth-order valence-corrected chi connectivity index (χ4v) is 3.45. The molecule has 2 aromatic rings. The Morgan fingerprint density at radius 1 is 1.26 bits per heavy atom. The summed E-state index contributed by atoms with van der Waals surface area (Å²) in [7, 11) is 0. The summed E-state index contributed by atoms with van der Waals surface area (Å²) < 4.78 is 5.73. The van der Waals surface area contributed by atoms with Crippen LogP contribution in [0.3, 0.4) is 0 Å². The normalized spacial score (nSPS) is 16.6. The molecular formula is C17H17NO4S. The molecular weight excluding hydrogens is 314 g/mol. The topological polar surface area (TPSA) is 75.6 Å². The van der Waals surface area contributed by atoms with Crippen LogP contribution in [0.2, 0.25) is 0 Å². The van der Waals surface area contributed by atoms with E-state index in [1.165, 1.54) is 16.9 Å². The van der Waals surface area contributed by atoms with Crippen molar-refractivity contribution >= 4 is 23.2 Å². The summed E-state index contributed by atoms with van der Waals surface area (Å²) in [4.78, 5) is 24.1. The molecule has 3 rings (SSSR count). The lowest BCUT2D eigenvalue weighted by Gasteiger charge is -2.25. The Balaban J connectivity index is 1.56. The molecule has 2 heterocycles. The van der Waals surface area contributed by atoms with Crippen molar-refractivity contribution < 1.29 is 19.4 Å². The number of nitrogens with one attached hydrogen (secondary N) is 1. The summed E-state index contributed by atoms with van der Waals surface area (Å²) >= 11 is 1.17. The van der Waals surface area contributed by atoms with E-state index in [2.05, 4.69) is 11.4 Å². The van der Waals surface area contributed by atoms with E-state index in [-0.39, 0.29) is 23.3 Å². The third kappa shape index (κ3) is 3.78. The zero-order valence-corrected chi connectivity index (χ0v) is 13.3. The number of ether oxygens (including phenoxy) is 1. The average Bonchev–Trinajstić information content (AvgIpc) is 3.03. The summed E-state index contributed by atoms with van der Waals surface area (Å²) in [6.45, 7) is 0.965. The van der Waals surface area contributed by atoms with Crippen LogP contribution in [0.15, 0.2) is 36.4 Å². The van der Waals surface area contributed by atoms with E-state index in [1.54, 1.807) is 12.1 Å². The van der Waals surface area contributed by atoms with Crippen LogP contribution >= 0.6 is 11.3 Å². The molecule has 0 aliphatic carbocycles. The van der Waals surface area contributed by atoms with Gasteiger partial charge in [0.25, 0.3) is 0 Å². The number of fused-ring (bicyclic) bond motifs is 1. The fraction of sp³-hybridized carbons (Fsp3) is 0.294. The monoisotopic (exact) mass is 331 g/mol. The van der Waals surface area contributed by atoms with Gasteiger partial charge in [-0.1, -0.05) is 24.3 Å². The van der Waals surface area contributed by atoms with Gasteiger partial charge in [0.2, 0.25) is 5.91 Å². The second-order valence-corrected chi connectivity index (χ2v) is 6.53. The van der Waals surface area contributed by atoms with Crippen molar-refractivity contribution in [2.24, 2.45) is 0 Å². The summed E-state index contributed by atoms with van der Waals surface area (Å²) in [5.74, 6) is -1.04. The van der Waals surface area contributed by atoms with Gasteiger partial charge in [-0.05, 0) is 29.7 Å². The number of hydrogen-bond donors (Lipinski definition) is 2. The molecule has 1 aliphatic rings. The number of thiophene rings is 1. The second kappa shape index (κ2) is 6.93. The zero-order chi connectivity index (χ0) is 16.2. The van der Waals surface area contributed by atoms with Crippen molar-refractivity contribution in [2.45, 2.75) is 25.5 Å². The van der Waals surface area contributed by atoms with E-state index < -0.39 is 5.97 Å². The van der Waals surface area contributed by atoms with Gasteiger partial charge < -0.3 is 15.2 Å². The molecule has 1 unspecified atom stereocenters. The van der Waals surface area contributed by atoms with Crippen LogP contribution in [0.1, 0.15) is 38.2 Å². The maximum atomic E-state index is 12.1. The van der Waals surface area contributed by atoms with Crippen LogP contribution in [0, 0.1) is 0 Å². The van der Waals surface area contributed by atoms with Crippen molar-refractivity contribution in [1.82, 2.24) is 5.32 Å². The number of aromatic carboxylic acids is 1. The number of amides is 1. The van der Waals surface area contributed by atoms with Gasteiger partial charge in [-0.15, -0.1) is 11.3 Å². The first-order chi connectivity index (χ1) is 11.1. The van der Waals surface area contributed by atoms with E-state index in [1.807, 2.05) is 18.2 Å². The third-order valence-electron chi connectivity index (χ3n) is 3.80. The number of carboxylic acid groups (broad SMARTS) is 1. The lowest BCUT2D eigenvalue weighted by Crippen LogP contribution is -2.27. The molecule has 0 fully saturated rings. The molecule has 1 aromatic carbocycles. The number of hydrogen-bond acceptors (Lipinski definition) is 4. The van der Waals surface area contributed by atoms with Crippen LogP contribution in [0.4, 0.5) is 0 Å². The van der Waals surface area contributed by atoms with Crippen LogP contribution in [0.25, 0.3) is 0 Å². The molecule has 1 aliphatic heterocycles. The summed E-state index contributed by atoms with van der Waals surface area (Å²) in [6, 6.07) is 11.3. The lowest BCUT2D eigenvalue weighted by atomic mass is 9.95. The highest BCUT2D eigenvalue weighted by atomic mass is 32.1. The Hall–Kier alpha value is -2.18. The lowest BCUT2D eigenvalue weighted by molar-refractivity contribution is -0.124. The Morgan fingerprint density at radius 2 is 2.09 bits per heavy atom. The molecule has 0 radical (unpaired) electrons. The molecule has 23 heavy (non-hydrogen) atoms. The SMILES string of the molecule is O=C(CC1OCCc2ccccc21)NCc1ccc(C(=O)O)s1. The number of carbonyl (C=O) groups is 2. The first kappa shape index (κ1) is 15.7. The van der Waals surface area contributed by atoms with Crippen molar-refractivity contribution in [3.63, 3.8) is 0 Å². The van der Waals surface area contributed by atoms with Gasteiger partial charge >= 0.3 is 5.97 Å². The molecule has 2 N–H and O–H groups in total. The predicted octanol–water partition coefficient (Wildman–Crippen LogP) is 2.77. The Kier molecular flexibility index (Phi) is 4.73. The van der Waals surface area contributed by atoms with Gasteiger partial charge in [0.15, 0.2) is 0 Å². The van der Waals surface area contributed by atoms with Crippen LogP contribution in [-0.4, -0.2) is 23.6 Å². The molecule has 1 aromatic heterocycles. The van der Waals surface area contributed by atoms with Gasteiger partial charge in [0, 0.05) is 4.88 Å². The summed E-state index contributed by atoms with van der Waals surface area (Å²) in [6.07, 6.45) is 0.938. The van der Waals surface area contributed by atoms with Crippen molar-refractivity contribution in [3.05, 3.63) is 57.3 Å². The molecule has 6 heteroatoms. The van der Waals surface area contributed by atoms with Crippen LogP contribution in [-0.2, 0) is 22.5 Å². The third-order valence-corrected chi connectivity index (χ3v) is 4.87. The Bertz CT molecular complexity index is 725. The molecule has 120 valence electrons. The van der Waals surface area contributed by atoms with E-state index in [0.29, 0.717) is 13.2 Å². The van der Waals surface area contributed by atoms with E-state index >= 15 is 0 Å². The highest BCUT2D eigenvalue weighted by molar-refractivity contribution is 7.13. The van der Waals surface area contributed by atoms with Gasteiger partial charge in [-0.3, -0.25) is 4.79 Å². The fourth-order valence-electron chi connectivity index (χ4n) is 2.66. The minimum atomic E-state index is -0.945. The van der Waals surface area contributed by atoms with E-state index in [0.717, 1.165) is 16.9 Å². The highest BCUT2D eigenvalue weighted by Gasteiger charge is 2.23. The van der Waals surface area contributed by atoms with Crippen molar-refractivity contribution in [1.29, 1.82) is 0 Å². The minimum absolute atomic E-state index is 0.100. The molecule has 0 bridgehead atoms. The number of carbonyl (C=O) groups excluding carboxylic acids is 1. The maximum Gasteiger partial charge on any atom is 0.345 e. The minimum Gasteiger partial charge on any atom is -0.477 e. The first-order valence-electron chi connectivity index (χ1n) is 7.41. The molecule has 1 atom stereocenters. The van der Waals surface area contributed by atoms with Gasteiger partial charge in [0.05, 0.1) is 25.7 Å². The van der Waals surface area contributed by atoms with Crippen LogP contribution < -0.4 is 5.32 Å². The largest absolute Gasteiger partial charge is 0.477 e. The van der Waals surface area contributed by atoms with Crippen molar-refractivity contribution in [2.75, 3.05) is 6.61 Å².